The predicted octanol–water partition coefficient (Wildman–Crippen LogP) is 1.68. The van der Waals surface area contributed by atoms with E-state index in [4.69, 9.17) is 24.2 Å². The van der Waals surface area contributed by atoms with Crippen LogP contribution in [0.1, 0.15) is 24.2 Å². The molecule has 1 N–H and O–H groups in total. The van der Waals surface area contributed by atoms with Gasteiger partial charge in [0, 0.05) is 22.4 Å². The highest BCUT2D eigenvalue weighted by atomic mass is 17.2. The zero-order chi connectivity index (χ0) is 17.6. The molecule has 0 aliphatic carbocycles. The van der Waals surface area contributed by atoms with Crippen molar-refractivity contribution in [2.24, 2.45) is 4.99 Å². The third-order valence-electron chi connectivity index (χ3n) is 4.49. The van der Waals surface area contributed by atoms with Gasteiger partial charge >= 0.3 is 0 Å². The predicted molar refractivity (Wildman–Crippen MR) is 87.6 cm³/mol. The molecular formula is C18H18N2O5. The Labute approximate surface area is 144 Å². The van der Waals surface area contributed by atoms with E-state index in [-0.39, 0.29) is 0 Å². The van der Waals surface area contributed by atoms with E-state index in [1.807, 2.05) is 31.2 Å². The molecule has 0 aromatic heterocycles. The fraction of sp³-hybridized carbons (Fsp3) is 0.278. The number of fused-ring (bicyclic) bond motifs is 2. The number of para-hydroxylation sites is 1. The number of hydrogen-bond donors (Lipinski definition) is 1. The lowest BCUT2D eigenvalue weighted by molar-refractivity contribution is -0.195. The molecule has 0 spiro atoms. The topological polar surface area (TPSA) is 72.8 Å². The molecule has 130 valence electrons. The number of nitrogens with zero attached hydrogens (tertiary/aromatic N) is 2. The van der Waals surface area contributed by atoms with Crippen LogP contribution >= 0.6 is 0 Å². The molecule has 2 heterocycles. The highest BCUT2D eigenvalue weighted by Gasteiger charge is 2.29. The van der Waals surface area contributed by atoms with Crippen molar-refractivity contribution >= 4 is 5.70 Å². The minimum Gasteiger partial charge on any atom is -0.493 e. The van der Waals surface area contributed by atoms with Crippen LogP contribution in [-0.4, -0.2) is 24.5 Å². The number of rotatable bonds is 3. The SMILES string of the molecule is COc1cc2c(cc1OC)=C(C)N(O)C(c1cccc3c1OOC3)N=2. The van der Waals surface area contributed by atoms with E-state index in [0.29, 0.717) is 34.9 Å². The Morgan fingerprint density at radius 1 is 1.20 bits per heavy atom. The number of hydrogen-bond acceptors (Lipinski definition) is 7. The maximum Gasteiger partial charge on any atom is 0.178 e. The smallest absolute Gasteiger partial charge is 0.178 e. The Morgan fingerprint density at radius 2 is 1.96 bits per heavy atom. The van der Waals surface area contributed by atoms with Gasteiger partial charge in [0.1, 0.15) is 6.61 Å². The molecule has 7 heteroatoms. The van der Waals surface area contributed by atoms with E-state index in [1.165, 1.54) is 0 Å². The van der Waals surface area contributed by atoms with Crippen molar-refractivity contribution in [3.05, 3.63) is 52.0 Å². The van der Waals surface area contributed by atoms with Crippen molar-refractivity contribution < 1.29 is 24.5 Å². The van der Waals surface area contributed by atoms with Gasteiger partial charge in [-0.1, -0.05) is 18.2 Å². The van der Waals surface area contributed by atoms with E-state index < -0.39 is 6.17 Å². The fourth-order valence-corrected chi connectivity index (χ4v) is 3.13. The Morgan fingerprint density at radius 3 is 2.72 bits per heavy atom. The standard InChI is InChI=1S/C18H18N2O5/c1-10-13-7-15(22-2)16(23-3)8-14(13)19-18(20(10)21)12-6-4-5-11-9-24-25-17(11)12/h4-8,18,21H,9H2,1-3H3. The number of ether oxygens (including phenoxy) is 2. The first-order chi connectivity index (χ1) is 12.1. The number of methoxy groups -OCH3 is 2. The van der Waals surface area contributed by atoms with Gasteiger partial charge < -0.3 is 14.4 Å². The molecule has 1 atom stereocenters. The maximum absolute atomic E-state index is 10.7. The third kappa shape index (κ3) is 2.40. The first kappa shape index (κ1) is 15.7. The van der Waals surface area contributed by atoms with E-state index in [1.54, 1.807) is 20.3 Å². The summed E-state index contributed by atoms with van der Waals surface area (Å²) < 4.78 is 10.7. The van der Waals surface area contributed by atoms with Gasteiger partial charge in [-0.15, -0.1) is 0 Å². The van der Waals surface area contributed by atoms with Crippen molar-refractivity contribution in [2.75, 3.05) is 14.2 Å². The monoisotopic (exact) mass is 342 g/mol. The van der Waals surface area contributed by atoms with Gasteiger partial charge in [0.25, 0.3) is 0 Å². The minimum absolute atomic E-state index is 0.381. The summed E-state index contributed by atoms with van der Waals surface area (Å²) in [5, 5.41) is 13.3. The zero-order valence-corrected chi connectivity index (χ0v) is 14.1. The lowest BCUT2D eigenvalue weighted by Crippen LogP contribution is -2.40. The normalized spacial score (nSPS) is 18.2. The van der Waals surface area contributed by atoms with E-state index in [9.17, 15) is 5.21 Å². The van der Waals surface area contributed by atoms with E-state index in [0.717, 1.165) is 21.4 Å². The molecule has 0 saturated carbocycles. The van der Waals surface area contributed by atoms with Crippen LogP contribution in [0.4, 0.5) is 0 Å². The Hall–Kier alpha value is -2.77. The Bertz CT molecular complexity index is 957. The van der Waals surface area contributed by atoms with Crippen LogP contribution in [0.3, 0.4) is 0 Å². The molecule has 0 amide bonds. The summed E-state index contributed by atoms with van der Waals surface area (Å²) in [5.41, 5.74) is 2.32. The molecule has 7 nitrogen and oxygen atoms in total. The van der Waals surface area contributed by atoms with Gasteiger partial charge in [0.15, 0.2) is 23.4 Å². The second kappa shape index (κ2) is 5.94. The van der Waals surface area contributed by atoms with Crippen LogP contribution in [0.5, 0.6) is 17.2 Å². The molecule has 2 aromatic rings. The van der Waals surface area contributed by atoms with E-state index >= 15 is 0 Å². The fourth-order valence-electron chi connectivity index (χ4n) is 3.13. The van der Waals surface area contributed by atoms with Gasteiger partial charge in [0.05, 0.1) is 25.3 Å². The molecule has 2 aliphatic heterocycles. The summed E-state index contributed by atoms with van der Waals surface area (Å²) in [4.78, 5) is 15.0. The Balaban J connectivity index is 1.92. The van der Waals surface area contributed by atoms with Gasteiger partial charge in [-0.3, -0.25) is 10.2 Å². The van der Waals surface area contributed by atoms with Crippen molar-refractivity contribution in [2.45, 2.75) is 19.7 Å². The maximum atomic E-state index is 10.7. The summed E-state index contributed by atoms with van der Waals surface area (Å²) in [6, 6.07) is 9.30. The van der Waals surface area contributed by atoms with Crippen LogP contribution in [0.15, 0.2) is 35.3 Å². The molecule has 2 aliphatic rings. The summed E-state index contributed by atoms with van der Waals surface area (Å²) in [6.45, 7) is 2.21. The summed E-state index contributed by atoms with van der Waals surface area (Å²) >= 11 is 0. The molecule has 4 rings (SSSR count). The van der Waals surface area contributed by atoms with Gasteiger partial charge in [0.2, 0.25) is 0 Å². The second-order valence-corrected chi connectivity index (χ2v) is 5.84. The summed E-state index contributed by atoms with van der Waals surface area (Å²) in [7, 11) is 3.15. The van der Waals surface area contributed by atoms with Gasteiger partial charge in [-0.2, -0.15) is 4.89 Å². The molecule has 0 bridgehead atoms. The molecular weight excluding hydrogens is 324 g/mol. The summed E-state index contributed by atoms with van der Waals surface area (Å²) in [5.74, 6) is 1.77. The highest BCUT2D eigenvalue weighted by Crippen LogP contribution is 2.38. The first-order valence-electron chi connectivity index (χ1n) is 7.84. The quantitative estimate of drug-likeness (QED) is 0.856. The summed E-state index contributed by atoms with van der Waals surface area (Å²) in [6.07, 6.45) is -0.637. The zero-order valence-electron chi connectivity index (χ0n) is 14.1. The molecule has 1 unspecified atom stereocenters. The molecule has 0 fully saturated rings. The van der Waals surface area contributed by atoms with Crippen LogP contribution in [0, 0.1) is 0 Å². The van der Waals surface area contributed by atoms with Crippen LogP contribution < -0.4 is 24.9 Å². The lowest BCUT2D eigenvalue weighted by Gasteiger charge is -2.29. The highest BCUT2D eigenvalue weighted by molar-refractivity contribution is 5.51. The molecule has 25 heavy (non-hydrogen) atoms. The van der Waals surface area contributed by atoms with Gasteiger partial charge in [-0.25, -0.2) is 5.06 Å². The van der Waals surface area contributed by atoms with Crippen molar-refractivity contribution in [3.8, 4) is 17.2 Å². The molecule has 0 radical (unpaired) electrons. The largest absolute Gasteiger partial charge is 0.493 e. The average molecular weight is 342 g/mol. The minimum atomic E-state index is -0.637. The third-order valence-corrected chi connectivity index (χ3v) is 4.49. The lowest BCUT2D eigenvalue weighted by atomic mass is 10.1. The number of hydroxylamine groups is 2. The van der Waals surface area contributed by atoms with Crippen LogP contribution in [-0.2, 0) is 11.5 Å². The number of benzene rings is 2. The van der Waals surface area contributed by atoms with Crippen molar-refractivity contribution in [1.82, 2.24) is 5.06 Å². The van der Waals surface area contributed by atoms with Crippen molar-refractivity contribution in [3.63, 3.8) is 0 Å². The molecule has 2 aromatic carbocycles. The van der Waals surface area contributed by atoms with Crippen molar-refractivity contribution in [1.29, 1.82) is 0 Å². The molecule has 0 saturated heterocycles. The average Bonchev–Trinajstić information content (AvgIpc) is 3.12. The van der Waals surface area contributed by atoms with Gasteiger partial charge in [-0.05, 0) is 13.0 Å². The second-order valence-electron chi connectivity index (χ2n) is 5.84. The Kier molecular flexibility index (Phi) is 3.74. The van der Waals surface area contributed by atoms with Crippen LogP contribution in [0.25, 0.3) is 5.70 Å². The van der Waals surface area contributed by atoms with Crippen LogP contribution in [0.2, 0.25) is 0 Å². The first-order valence-corrected chi connectivity index (χ1v) is 7.84. The van der Waals surface area contributed by atoms with E-state index in [2.05, 4.69) is 0 Å².